The van der Waals surface area contributed by atoms with Crippen molar-refractivity contribution in [1.82, 2.24) is 10.2 Å². The van der Waals surface area contributed by atoms with Crippen LogP contribution in [0.2, 0.25) is 10.0 Å². The van der Waals surface area contributed by atoms with E-state index in [1.807, 2.05) is 50.2 Å². The zero-order valence-electron chi connectivity index (χ0n) is 23.9. The molecule has 0 radical (unpaired) electrons. The van der Waals surface area contributed by atoms with Crippen LogP contribution in [0.4, 0.5) is 0 Å². The molecule has 5 atom stereocenters. The van der Waals surface area contributed by atoms with E-state index in [1.54, 1.807) is 25.1 Å². The second-order valence-corrected chi connectivity index (χ2v) is 12.7. The first kappa shape index (κ1) is 30.5. The number of nitrogens with zero attached hydrogens (tertiary/aromatic N) is 1. The van der Waals surface area contributed by atoms with Crippen LogP contribution in [-0.4, -0.2) is 52.3 Å². The van der Waals surface area contributed by atoms with Gasteiger partial charge in [-0.25, -0.2) is 0 Å². The topological polar surface area (TPSA) is 116 Å². The van der Waals surface area contributed by atoms with Gasteiger partial charge in [-0.05, 0) is 35.6 Å². The summed E-state index contributed by atoms with van der Waals surface area (Å²) >= 11 is 13.3. The van der Waals surface area contributed by atoms with Crippen LogP contribution in [0.5, 0.6) is 0 Å². The van der Waals surface area contributed by atoms with Crippen LogP contribution in [0.1, 0.15) is 49.4 Å². The first-order chi connectivity index (χ1) is 20.0. The van der Waals surface area contributed by atoms with Gasteiger partial charge in [0.1, 0.15) is 5.41 Å². The molecule has 2 aliphatic heterocycles. The number of carboxylic acid groups (broad SMARTS) is 2. The Labute approximate surface area is 256 Å². The molecule has 9 heteroatoms. The van der Waals surface area contributed by atoms with Gasteiger partial charge in [-0.2, -0.15) is 0 Å². The third-order valence-electron chi connectivity index (χ3n) is 9.79. The molecular weight excluding hydrogens is 573 g/mol. The Bertz CT molecular complexity index is 1410. The Morgan fingerprint density at radius 3 is 1.93 bits per heavy atom. The van der Waals surface area contributed by atoms with Gasteiger partial charge in [-0.3, -0.25) is 19.8 Å². The number of likely N-dealkylation sites (tertiary alicyclic amines) is 1. The lowest BCUT2D eigenvalue weighted by molar-refractivity contribution is -0.193. The van der Waals surface area contributed by atoms with E-state index >= 15 is 0 Å². The number of halogens is 2. The minimum atomic E-state index is -1.71. The van der Waals surface area contributed by atoms with E-state index in [0.29, 0.717) is 18.7 Å². The molecule has 3 aromatic rings. The Hall–Kier alpha value is -2.94. The summed E-state index contributed by atoms with van der Waals surface area (Å²) in [6.45, 7) is 6.18. The van der Waals surface area contributed by atoms with Crippen molar-refractivity contribution in [3.05, 3.63) is 106 Å². The molecule has 42 heavy (non-hydrogen) atoms. The highest BCUT2D eigenvalue weighted by Crippen LogP contribution is 2.63. The lowest BCUT2D eigenvalue weighted by atomic mass is 9.45. The number of nitrogens with two attached hydrogens (primary N) is 1. The second kappa shape index (κ2) is 11.6. The molecule has 2 saturated heterocycles. The van der Waals surface area contributed by atoms with Gasteiger partial charge < -0.3 is 15.9 Å². The molecule has 2 aliphatic rings. The van der Waals surface area contributed by atoms with Crippen LogP contribution < -0.4 is 11.1 Å². The molecule has 0 aromatic heterocycles. The summed E-state index contributed by atoms with van der Waals surface area (Å²) in [5.74, 6) is -4.28. The lowest BCUT2D eigenvalue weighted by Crippen LogP contribution is -2.78. The van der Waals surface area contributed by atoms with Crippen molar-refractivity contribution in [3.8, 4) is 0 Å². The Morgan fingerprint density at radius 2 is 1.45 bits per heavy atom. The number of piperidine rings is 1. The molecular formula is C33H37Cl2N3O4. The molecule has 2 heterocycles. The van der Waals surface area contributed by atoms with Crippen molar-refractivity contribution < 1.29 is 19.8 Å². The largest absolute Gasteiger partial charge is 0.481 e. The van der Waals surface area contributed by atoms with Gasteiger partial charge in [0.05, 0.1) is 27.7 Å². The molecule has 222 valence electrons. The molecule has 2 fully saturated rings. The molecule has 0 spiro atoms. The maximum atomic E-state index is 13.7. The molecule has 0 bridgehead atoms. The molecule has 0 aliphatic carbocycles. The fraction of sp³-hybridized carbons (Fsp3) is 0.394. The van der Waals surface area contributed by atoms with Crippen molar-refractivity contribution in [2.24, 2.45) is 28.4 Å². The first-order valence-corrected chi connectivity index (χ1v) is 15.0. The van der Waals surface area contributed by atoms with Crippen molar-refractivity contribution in [2.75, 3.05) is 13.1 Å². The molecule has 0 amide bonds. The van der Waals surface area contributed by atoms with Crippen molar-refractivity contribution in [3.63, 3.8) is 0 Å². The summed E-state index contributed by atoms with van der Waals surface area (Å²) in [5.41, 5.74) is 6.12. The van der Waals surface area contributed by atoms with Gasteiger partial charge in [0.2, 0.25) is 0 Å². The number of nitrogens with one attached hydrogen (secondary N) is 1. The van der Waals surface area contributed by atoms with E-state index in [9.17, 15) is 19.8 Å². The molecule has 3 aromatic carbocycles. The number of rotatable bonds is 8. The minimum Gasteiger partial charge on any atom is -0.481 e. The molecule has 0 saturated carbocycles. The summed E-state index contributed by atoms with van der Waals surface area (Å²) in [6.07, 6.45) is -1.05. The monoisotopic (exact) mass is 609 g/mol. The Kier molecular flexibility index (Phi) is 8.45. The molecule has 7 nitrogen and oxygen atoms in total. The van der Waals surface area contributed by atoms with E-state index in [4.69, 9.17) is 28.9 Å². The second-order valence-electron chi connectivity index (χ2n) is 11.9. The van der Waals surface area contributed by atoms with Crippen LogP contribution in [0.15, 0.2) is 78.9 Å². The summed E-state index contributed by atoms with van der Waals surface area (Å²) in [4.78, 5) is 29.4. The number of hydrogen-bond acceptors (Lipinski definition) is 5. The van der Waals surface area contributed by atoms with Gasteiger partial charge in [-0.15, -0.1) is 0 Å². The van der Waals surface area contributed by atoms with Crippen LogP contribution >= 0.6 is 23.2 Å². The van der Waals surface area contributed by atoms with Crippen molar-refractivity contribution in [2.45, 2.75) is 44.9 Å². The molecule has 5 unspecified atom stereocenters. The SMILES string of the molecule is CC(C)C1(C(=O)O)C(C)NC(N)C(C(=O)O)(C2CN(C(c3ccccc3)c3ccccc3)C2)C1c1cccc(Cl)c1Cl. The minimum absolute atomic E-state index is 0.108. The highest BCUT2D eigenvalue weighted by Gasteiger charge is 2.72. The summed E-state index contributed by atoms with van der Waals surface area (Å²) in [7, 11) is 0. The normalized spacial score (nSPS) is 28.5. The van der Waals surface area contributed by atoms with Crippen LogP contribution in [-0.2, 0) is 9.59 Å². The predicted molar refractivity (Wildman–Crippen MR) is 165 cm³/mol. The van der Waals surface area contributed by atoms with E-state index < -0.39 is 52.7 Å². The van der Waals surface area contributed by atoms with E-state index in [1.165, 1.54) is 0 Å². The number of hydrogen-bond donors (Lipinski definition) is 4. The quantitative estimate of drug-likeness (QED) is 0.252. The van der Waals surface area contributed by atoms with Crippen LogP contribution in [0.3, 0.4) is 0 Å². The Balaban J connectivity index is 1.68. The van der Waals surface area contributed by atoms with Gasteiger partial charge in [0.25, 0.3) is 0 Å². The van der Waals surface area contributed by atoms with Gasteiger partial charge in [0.15, 0.2) is 0 Å². The number of carboxylic acids is 2. The van der Waals surface area contributed by atoms with E-state index in [2.05, 4.69) is 34.5 Å². The summed E-state index contributed by atoms with van der Waals surface area (Å²) in [6, 6.07) is 24.4. The number of benzene rings is 3. The predicted octanol–water partition coefficient (Wildman–Crippen LogP) is 5.87. The van der Waals surface area contributed by atoms with Crippen molar-refractivity contribution in [1.29, 1.82) is 0 Å². The van der Waals surface area contributed by atoms with Gasteiger partial charge in [-0.1, -0.05) is 110 Å². The number of aliphatic carboxylic acids is 2. The number of carbonyl (C=O) groups is 2. The zero-order valence-corrected chi connectivity index (χ0v) is 25.4. The maximum Gasteiger partial charge on any atom is 0.313 e. The van der Waals surface area contributed by atoms with E-state index in [0.717, 1.165) is 11.1 Å². The average Bonchev–Trinajstić information content (AvgIpc) is 2.93. The summed E-state index contributed by atoms with van der Waals surface area (Å²) < 4.78 is 0. The van der Waals surface area contributed by atoms with Crippen LogP contribution in [0, 0.1) is 22.7 Å². The fourth-order valence-electron chi connectivity index (χ4n) is 7.85. The Morgan fingerprint density at radius 1 is 0.905 bits per heavy atom. The fourth-order valence-corrected chi connectivity index (χ4v) is 8.26. The smallest absolute Gasteiger partial charge is 0.313 e. The zero-order chi connectivity index (χ0) is 30.4. The highest BCUT2D eigenvalue weighted by atomic mass is 35.5. The molecule has 5 rings (SSSR count). The lowest BCUT2D eigenvalue weighted by Gasteiger charge is -2.63. The van der Waals surface area contributed by atoms with E-state index in [-0.39, 0.29) is 16.1 Å². The van der Waals surface area contributed by atoms with Gasteiger partial charge >= 0.3 is 11.9 Å². The third-order valence-corrected chi connectivity index (χ3v) is 10.6. The highest BCUT2D eigenvalue weighted by molar-refractivity contribution is 6.42. The average molecular weight is 611 g/mol. The van der Waals surface area contributed by atoms with Crippen molar-refractivity contribution >= 4 is 35.1 Å². The summed E-state index contributed by atoms with van der Waals surface area (Å²) in [5, 5.41) is 25.8. The third kappa shape index (κ3) is 4.54. The van der Waals surface area contributed by atoms with Gasteiger partial charge in [0, 0.05) is 31.0 Å². The van der Waals surface area contributed by atoms with Crippen LogP contribution in [0.25, 0.3) is 0 Å². The first-order valence-electron chi connectivity index (χ1n) is 14.2. The standard InChI is InChI=1S/C33H37Cl2N3O4/c1-19(2)32(30(39)40)20(3)37-29(36)33(31(41)42,28(32)24-15-10-16-25(34)26(24)35)23-17-38(18-23)27(21-11-6-4-7-12-21)22-13-8-5-9-14-22/h4-16,19-20,23,27-29,37H,17-18,36H2,1-3H3,(H,39,40)(H,41,42). The maximum absolute atomic E-state index is 13.7. The molecule has 5 N–H and O–H groups in total.